The Hall–Kier alpha value is -2.66. The zero-order valence-electron chi connectivity index (χ0n) is 15.8. The summed E-state index contributed by atoms with van der Waals surface area (Å²) in [5, 5.41) is 5.86. The normalized spacial score (nSPS) is 10.6. The number of nitrogens with one attached hydrogen (secondary N) is 1. The van der Waals surface area contributed by atoms with Gasteiger partial charge in [0.1, 0.15) is 5.69 Å². The van der Waals surface area contributed by atoms with Crippen molar-refractivity contribution in [3.05, 3.63) is 76.8 Å². The minimum atomic E-state index is -0.0131. The number of hydrogen-bond donors (Lipinski definition) is 1. The van der Waals surface area contributed by atoms with E-state index in [0.29, 0.717) is 12.2 Å². The number of benzene rings is 2. The molecule has 0 radical (unpaired) electrons. The van der Waals surface area contributed by atoms with Crippen molar-refractivity contribution >= 4 is 28.1 Å². The second-order valence-corrected chi connectivity index (χ2v) is 7.46. The third-order valence-corrected chi connectivity index (χ3v) is 5.04. The topological polar surface area (TPSA) is 45.2 Å². The van der Waals surface area contributed by atoms with Gasteiger partial charge in [0.05, 0.1) is 0 Å². The van der Waals surface area contributed by atoms with E-state index in [0.717, 1.165) is 35.8 Å². The lowest BCUT2D eigenvalue weighted by Gasteiger charge is -2.21. The summed E-state index contributed by atoms with van der Waals surface area (Å²) in [5.41, 5.74) is 3.80. The number of anilines is 2. The maximum atomic E-state index is 13.0. The summed E-state index contributed by atoms with van der Waals surface area (Å²) in [5.74, 6) is -0.0131. The molecule has 0 fully saturated rings. The molecule has 0 atom stereocenters. The summed E-state index contributed by atoms with van der Waals surface area (Å²) in [6, 6.07) is 18.2. The van der Waals surface area contributed by atoms with Crippen LogP contribution in [0, 0.1) is 6.92 Å². The van der Waals surface area contributed by atoms with Gasteiger partial charge in [-0.2, -0.15) is 0 Å². The molecule has 0 spiro atoms. The number of amides is 1. The van der Waals surface area contributed by atoms with Gasteiger partial charge >= 0.3 is 0 Å². The van der Waals surface area contributed by atoms with E-state index < -0.39 is 0 Å². The number of carbonyl (C=O) groups is 1. The van der Waals surface area contributed by atoms with E-state index in [1.807, 2.05) is 40.6 Å². The van der Waals surface area contributed by atoms with Gasteiger partial charge in [-0.1, -0.05) is 55.8 Å². The molecular formula is C22H25N3OS. The van der Waals surface area contributed by atoms with Gasteiger partial charge in [-0.05, 0) is 36.6 Å². The molecule has 140 valence electrons. The van der Waals surface area contributed by atoms with Crippen LogP contribution in [0.4, 0.5) is 10.8 Å². The summed E-state index contributed by atoms with van der Waals surface area (Å²) >= 11 is 1.46. The third kappa shape index (κ3) is 5.41. The maximum absolute atomic E-state index is 13.0. The Morgan fingerprint density at radius 1 is 1.15 bits per heavy atom. The zero-order valence-corrected chi connectivity index (χ0v) is 16.6. The quantitative estimate of drug-likeness (QED) is 0.551. The highest BCUT2D eigenvalue weighted by Crippen LogP contribution is 2.23. The first-order valence-corrected chi connectivity index (χ1v) is 10.2. The van der Waals surface area contributed by atoms with Crippen LogP contribution in [0.1, 0.15) is 41.4 Å². The number of nitrogens with zero attached hydrogens (tertiary/aromatic N) is 2. The predicted octanol–water partition coefficient (Wildman–Crippen LogP) is 5.64. The molecule has 1 N–H and O–H groups in total. The van der Waals surface area contributed by atoms with Crippen LogP contribution in [0.5, 0.6) is 0 Å². The molecule has 27 heavy (non-hydrogen) atoms. The van der Waals surface area contributed by atoms with E-state index in [2.05, 4.69) is 48.4 Å². The lowest BCUT2D eigenvalue weighted by molar-refractivity contribution is 0.0736. The van der Waals surface area contributed by atoms with Gasteiger partial charge in [0, 0.05) is 24.2 Å². The Bertz CT molecular complexity index is 876. The minimum Gasteiger partial charge on any atom is -0.333 e. The maximum Gasteiger partial charge on any atom is 0.273 e. The fraction of sp³-hybridized carbons (Fsp3) is 0.273. The Balaban J connectivity index is 1.72. The van der Waals surface area contributed by atoms with Crippen LogP contribution in [0.2, 0.25) is 0 Å². The predicted molar refractivity (Wildman–Crippen MR) is 113 cm³/mol. The molecule has 3 rings (SSSR count). The average molecular weight is 380 g/mol. The average Bonchev–Trinajstić information content (AvgIpc) is 3.14. The highest BCUT2D eigenvalue weighted by Gasteiger charge is 2.19. The first-order valence-electron chi connectivity index (χ1n) is 9.28. The molecule has 1 aromatic heterocycles. The minimum absolute atomic E-state index is 0.0131. The lowest BCUT2D eigenvalue weighted by Crippen LogP contribution is -2.31. The summed E-state index contributed by atoms with van der Waals surface area (Å²) in [7, 11) is 0. The van der Waals surface area contributed by atoms with Crippen LogP contribution >= 0.6 is 11.3 Å². The fourth-order valence-electron chi connectivity index (χ4n) is 2.84. The smallest absolute Gasteiger partial charge is 0.273 e. The SMILES string of the molecule is CCCCN(Cc1ccccc1)C(=O)c1csc(Nc2cccc(C)c2)n1. The number of carbonyl (C=O) groups excluding carboxylic acids is 1. The Kier molecular flexibility index (Phi) is 6.60. The molecule has 0 saturated heterocycles. The summed E-state index contributed by atoms with van der Waals surface area (Å²) < 4.78 is 0. The molecule has 0 bridgehead atoms. The standard InChI is InChI=1S/C22H25N3OS/c1-3-4-13-25(15-18-10-6-5-7-11-18)21(26)20-16-27-22(24-20)23-19-12-8-9-17(2)14-19/h5-12,14,16H,3-4,13,15H2,1-2H3,(H,23,24). The van der Waals surface area contributed by atoms with E-state index in [9.17, 15) is 4.79 Å². The molecule has 0 aliphatic rings. The second kappa shape index (κ2) is 9.33. The number of aromatic nitrogens is 1. The van der Waals surface area contributed by atoms with Crippen molar-refractivity contribution in [3.8, 4) is 0 Å². The zero-order chi connectivity index (χ0) is 19.1. The Labute approximate surface area is 164 Å². The van der Waals surface area contributed by atoms with E-state index in [1.165, 1.54) is 16.9 Å². The van der Waals surface area contributed by atoms with Gasteiger partial charge in [-0.3, -0.25) is 4.79 Å². The van der Waals surface area contributed by atoms with E-state index in [4.69, 9.17) is 0 Å². The lowest BCUT2D eigenvalue weighted by atomic mass is 10.2. The number of thiazole rings is 1. The molecule has 0 unspecified atom stereocenters. The van der Waals surface area contributed by atoms with Gasteiger partial charge in [-0.15, -0.1) is 11.3 Å². The Morgan fingerprint density at radius 2 is 1.96 bits per heavy atom. The fourth-order valence-corrected chi connectivity index (χ4v) is 3.55. The molecule has 3 aromatic rings. The van der Waals surface area contributed by atoms with Crippen molar-refractivity contribution in [2.75, 3.05) is 11.9 Å². The number of unbranched alkanes of at least 4 members (excludes halogenated alkanes) is 1. The van der Waals surface area contributed by atoms with Gasteiger partial charge < -0.3 is 10.2 Å². The summed E-state index contributed by atoms with van der Waals surface area (Å²) in [4.78, 5) is 19.4. The molecular weight excluding hydrogens is 354 g/mol. The molecule has 1 amide bonds. The highest BCUT2D eigenvalue weighted by molar-refractivity contribution is 7.14. The largest absolute Gasteiger partial charge is 0.333 e. The van der Waals surface area contributed by atoms with Crippen LogP contribution in [-0.4, -0.2) is 22.3 Å². The van der Waals surface area contributed by atoms with E-state index in [-0.39, 0.29) is 5.91 Å². The number of aryl methyl sites for hydroxylation is 1. The van der Waals surface area contributed by atoms with Gasteiger partial charge in [-0.25, -0.2) is 4.98 Å². The first-order chi connectivity index (χ1) is 13.2. The van der Waals surface area contributed by atoms with E-state index >= 15 is 0 Å². The van der Waals surface area contributed by atoms with Crippen molar-refractivity contribution in [1.82, 2.24) is 9.88 Å². The van der Waals surface area contributed by atoms with Crippen molar-refractivity contribution in [3.63, 3.8) is 0 Å². The Morgan fingerprint density at radius 3 is 2.70 bits per heavy atom. The van der Waals surface area contributed by atoms with Gasteiger partial charge in [0.25, 0.3) is 5.91 Å². The van der Waals surface area contributed by atoms with Gasteiger partial charge in [0.15, 0.2) is 5.13 Å². The molecule has 1 heterocycles. The monoisotopic (exact) mass is 379 g/mol. The summed E-state index contributed by atoms with van der Waals surface area (Å²) in [6.45, 7) is 5.54. The van der Waals surface area contributed by atoms with Crippen molar-refractivity contribution < 1.29 is 4.79 Å². The van der Waals surface area contributed by atoms with Crippen LogP contribution < -0.4 is 5.32 Å². The van der Waals surface area contributed by atoms with Crippen LogP contribution in [-0.2, 0) is 6.54 Å². The molecule has 0 saturated carbocycles. The molecule has 0 aliphatic heterocycles. The van der Waals surface area contributed by atoms with Crippen LogP contribution in [0.3, 0.4) is 0 Å². The number of hydrogen-bond acceptors (Lipinski definition) is 4. The van der Waals surface area contributed by atoms with Crippen LogP contribution in [0.15, 0.2) is 60.0 Å². The molecule has 2 aromatic carbocycles. The highest BCUT2D eigenvalue weighted by atomic mass is 32.1. The molecule has 4 nitrogen and oxygen atoms in total. The van der Waals surface area contributed by atoms with E-state index in [1.54, 1.807) is 0 Å². The second-order valence-electron chi connectivity index (χ2n) is 6.60. The number of rotatable bonds is 8. The van der Waals surface area contributed by atoms with Gasteiger partial charge in [0.2, 0.25) is 0 Å². The van der Waals surface area contributed by atoms with Crippen molar-refractivity contribution in [1.29, 1.82) is 0 Å². The van der Waals surface area contributed by atoms with Crippen molar-refractivity contribution in [2.24, 2.45) is 0 Å². The van der Waals surface area contributed by atoms with Crippen molar-refractivity contribution in [2.45, 2.75) is 33.2 Å². The third-order valence-electron chi connectivity index (χ3n) is 4.28. The first kappa shape index (κ1) is 19.1. The molecule has 0 aliphatic carbocycles. The molecule has 5 heteroatoms. The van der Waals surface area contributed by atoms with Crippen LogP contribution in [0.25, 0.3) is 0 Å². The summed E-state index contributed by atoms with van der Waals surface area (Å²) in [6.07, 6.45) is 2.03.